The maximum atomic E-state index is 5.72. The number of halogens is 1. The Balaban J connectivity index is 0.00000121. The van der Waals surface area contributed by atoms with Gasteiger partial charge in [-0.3, -0.25) is 4.98 Å². The molecule has 1 rings (SSSR count). The van der Waals surface area contributed by atoms with Crippen LogP contribution in [0.1, 0.15) is 25.1 Å². The summed E-state index contributed by atoms with van der Waals surface area (Å²) in [6.45, 7) is 11.4. The van der Waals surface area contributed by atoms with Gasteiger partial charge in [-0.05, 0) is 29.7 Å². The highest BCUT2D eigenvalue weighted by molar-refractivity contribution is 6.16. The minimum Gasteiger partial charge on any atom is -0.260 e. The van der Waals surface area contributed by atoms with Crippen LogP contribution in [0.5, 0.6) is 0 Å². The maximum Gasteiger partial charge on any atom is 0.0647 e. The molecule has 2 heteroatoms. The first kappa shape index (κ1) is 15.7. The number of pyridine rings is 1. The van der Waals surface area contributed by atoms with Gasteiger partial charge in [-0.25, -0.2) is 0 Å². The lowest BCUT2D eigenvalue weighted by molar-refractivity contribution is 1.10. The van der Waals surface area contributed by atoms with Crippen LogP contribution in [0, 0.1) is 0 Å². The first-order valence-electron chi connectivity index (χ1n) is 5.74. The van der Waals surface area contributed by atoms with Gasteiger partial charge in [0, 0.05) is 6.20 Å². The molecule has 17 heavy (non-hydrogen) atoms. The van der Waals surface area contributed by atoms with Crippen molar-refractivity contribution in [3.05, 3.63) is 66.5 Å². The van der Waals surface area contributed by atoms with Crippen LogP contribution in [-0.4, -0.2) is 4.98 Å². The minimum atomic E-state index is 0.447. The molecule has 1 heterocycles. The molecule has 0 aliphatic heterocycles. The third-order valence-corrected chi connectivity index (χ3v) is 2.29. The number of aromatic nitrogens is 1. The molecule has 0 aliphatic rings. The molecule has 0 amide bonds. The summed E-state index contributed by atoms with van der Waals surface area (Å²) in [6, 6.07) is 3.99. The third-order valence-electron chi connectivity index (χ3n) is 2.02. The van der Waals surface area contributed by atoms with Crippen LogP contribution in [0.2, 0.25) is 0 Å². The van der Waals surface area contributed by atoms with Gasteiger partial charge in [0.1, 0.15) is 0 Å². The zero-order chi connectivity index (χ0) is 13.1. The summed E-state index contributed by atoms with van der Waals surface area (Å²) < 4.78 is 0. The van der Waals surface area contributed by atoms with E-state index >= 15 is 0 Å². The average molecular weight is 250 g/mol. The van der Waals surface area contributed by atoms with Gasteiger partial charge in [-0.2, -0.15) is 0 Å². The van der Waals surface area contributed by atoms with Gasteiger partial charge >= 0.3 is 0 Å². The normalized spacial score (nSPS) is 10.2. The summed E-state index contributed by atoms with van der Waals surface area (Å²) in [4.78, 5) is 4.14. The van der Waals surface area contributed by atoms with Crippen molar-refractivity contribution in [2.45, 2.75) is 26.1 Å². The fourth-order valence-corrected chi connectivity index (χ4v) is 1.44. The Morgan fingerprint density at radius 1 is 1.41 bits per heavy atom. The Bertz CT molecular complexity index is 380. The lowest BCUT2D eigenvalue weighted by Crippen LogP contribution is -1.91. The second kappa shape index (κ2) is 9.86. The molecule has 0 spiro atoms. The predicted octanol–water partition coefficient (Wildman–Crippen LogP) is 4.69. The van der Waals surface area contributed by atoms with E-state index in [0.29, 0.717) is 5.88 Å². The number of hydrogen-bond acceptors (Lipinski definition) is 1. The van der Waals surface area contributed by atoms with E-state index in [-0.39, 0.29) is 0 Å². The molecule has 0 N–H and O–H groups in total. The molecular formula is C15H20ClN. The largest absolute Gasteiger partial charge is 0.260 e. The van der Waals surface area contributed by atoms with Crippen LogP contribution in [0.15, 0.2) is 55.3 Å². The van der Waals surface area contributed by atoms with E-state index in [1.54, 1.807) is 12.3 Å². The van der Waals surface area contributed by atoms with E-state index in [0.717, 1.165) is 17.7 Å². The first-order valence-corrected chi connectivity index (χ1v) is 6.27. The molecule has 0 unspecified atom stereocenters. The molecule has 0 saturated carbocycles. The molecule has 0 radical (unpaired) electrons. The second-order valence-electron chi connectivity index (χ2n) is 3.15. The van der Waals surface area contributed by atoms with Crippen LogP contribution in [0.4, 0.5) is 0 Å². The minimum absolute atomic E-state index is 0.447. The van der Waals surface area contributed by atoms with Crippen molar-refractivity contribution in [2.75, 3.05) is 0 Å². The number of allylic oxidation sites excluding steroid dienone is 4. The standard InChI is InChI=1S/C13H14ClN.C2H6/c1-3-5-11(4-2)8-12-6-7-15-13(9-12)10-14;1-2/h3-7,9H,1-2,8,10H2;1-2H3/b11-5+;. The van der Waals surface area contributed by atoms with Crippen molar-refractivity contribution < 1.29 is 0 Å². The Morgan fingerprint density at radius 2 is 2.12 bits per heavy atom. The van der Waals surface area contributed by atoms with Gasteiger partial charge in [0.25, 0.3) is 0 Å². The monoisotopic (exact) mass is 249 g/mol. The van der Waals surface area contributed by atoms with Gasteiger partial charge in [0.05, 0.1) is 11.6 Å². The summed E-state index contributed by atoms with van der Waals surface area (Å²) in [5.74, 6) is 0.447. The van der Waals surface area contributed by atoms with E-state index in [9.17, 15) is 0 Å². The highest BCUT2D eigenvalue weighted by Gasteiger charge is 1.98. The van der Waals surface area contributed by atoms with Gasteiger partial charge in [-0.15, -0.1) is 11.6 Å². The summed E-state index contributed by atoms with van der Waals surface area (Å²) >= 11 is 5.72. The van der Waals surface area contributed by atoms with E-state index in [4.69, 9.17) is 11.6 Å². The first-order chi connectivity index (χ1) is 8.30. The van der Waals surface area contributed by atoms with Crippen LogP contribution >= 0.6 is 11.6 Å². The van der Waals surface area contributed by atoms with Crippen molar-refractivity contribution in [1.29, 1.82) is 0 Å². The predicted molar refractivity (Wildman–Crippen MR) is 77.3 cm³/mol. The van der Waals surface area contributed by atoms with Crippen molar-refractivity contribution in [3.8, 4) is 0 Å². The smallest absolute Gasteiger partial charge is 0.0647 e. The molecule has 0 atom stereocenters. The summed E-state index contributed by atoms with van der Waals surface area (Å²) in [7, 11) is 0. The zero-order valence-electron chi connectivity index (χ0n) is 10.6. The van der Waals surface area contributed by atoms with Crippen molar-refractivity contribution in [1.82, 2.24) is 4.98 Å². The molecule has 92 valence electrons. The molecule has 1 aromatic rings. The summed E-state index contributed by atoms with van der Waals surface area (Å²) in [6.07, 6.45) is 8.17. The van der Waals surface area contributed by atoms with Crippen LogP contribution < -0.4 is 0 Å². The molecule has 0 aromatic carbocycles. The molecule has 0 fully saturated rings. The summed E-state index contributed by atoms with van der Waals surface area (Å²) in [5.41, 5.74) is 3.22. The van der Waals surface area contributed by atoms with Crippen LogP contribution in [0.25, 0.3) is 0 Å². The van der Waals surface area contributed by atoms with Crippen molar-refractivity contribution >= 4 is 11.6 Å². The lowest BCUT2D eigenvalue weighted by Gasteiger charge is -2.03. The molecule has 1 aromatic heterocycles. The third kappa shape index (κ3) is 6.08. The molecule has 0 saturated heterocycles. The van der Waals surface area contributed by atoms with Crippen LogP contribution in [0.3, 0.4) is 0 Å². The van der Waals surface area contributed by atoms with Crippen molar-refractivity contribution in [3.63, 3.8) is 0 Å². The fraction of sp³-hybridized carbons (Fsp3) is 0.267. The van der Waals surface area contributed by atoms with Gasteiger partial charge in [-0.1, -0.05) is 45.2 Å². The van der Waals surface area contributed by atoms with E-state index in [1.165, 1.54) is 5.56 Å². The topological polar surface area (TPSA) is 12.9 Å². The van der Waals surface area contributed by atoms with E-state index in [1.807, 2.05) is 38.1 Å². The molecule has 1 nitrogen and oxygen atoms in total. The Labute approximate surface area is 110 Å². The van der Waals surface area contributed by atoms with Gasteiger partial charge < -0.3 is 0 Å². The molecule has 0 bridgehead atoms. The number of nitrogens with zero attached hydrogens (tertiary/aromatic N) is 1. The van der Waals surface area contributed by atoms with E-state index in [2.05, 4.69) is 18.1 Å². The Morgan fingerprint density at radius 3 is 2.65 bits per heavy atom. The number of rotatable bonds is 5. The van der Waals surface area contributed by atoms with Crippen molar-refractivity contribution in [2.24, 2.45) is 0 Å². The molecular weight excluding hydrogens is 230 g/mol. The highest BCUT2D eigenvalue weighted by atomic mass is 35.5. The lowest BCUT2D eigenvalue weighted by atomic mass is 10.1. The Kier molecular flexibility index (Phi) is 9.08. The summed E-state index contributed by atoms with van der Waals surface area (Å²) in [5, 5.41) is 0. The quantitative estimate of drug-likeness (QED) is 0.545. The van der Waals surface area contributed by atoms with E-state index < -0.39 is 0 Å². The SMILES string of the molecule is C=C/C=C(\C=C)Cc1ccnc(CCl)c1.CC. The van der Waals surface area contributed by atoms with Gasteiger partial charge in [0.15, 0.2) is 0 Å². The Hall–Kier alpha value is -1.34. The highest BCUT2D eigenvalue weighted by Crippen LogP contribution is 2.11. The number of alkyl halides is 1. The zero-order valence-corrected chi connectivity index (χ0v) is 11.4. The second-order valence-corrected chi connectivity index (χ2v) is 3.41. The molecule has 0 aliphatic carbocycles. The average Bonchev–Trinajstić information content (AvgIpc) is 2.40. The maximum absolute atomic E-state index is 5.72. The number of hydrogen-bond donors (Lipinski definition) is 0. The van der Waals surface area contributed by atoms with Gasteiger partial charge in [0.2, 0.25) is 0 Å². The fourth-order valence-electron chi connectivity index (χ4n) is 1.30. The van der Waals surface area contributed by atoms with Crippen LogP contribution in [-0.2, 0) is 12.3 Å².